The molecule has 3 atom stereocenters. The third kappa shape index (κ3) is 4.06. The van der Waals surface area contributed by atoms with Gasteiger partial charge in [-0.05, 0) is 31.1 Å². The second-order valence-electron chi connectivity index (χ2n) is 7.70. The fourth-order valence-corrected chi connectivity index (χ4v) is 3.25. The van der Waals surface area contributed by atoms with E-state index in [-0.39, 0.29) is 18.4 Å². The molecule has 0 saturated heterocycles. The van der Waals surface area contributed by atoms with Crippen molar-refractivity contribution in [3.8, 4) is 0 Å². The average Bonchev–Trinajstić information content (AvgIpc) is 2.70. The Labute approximate surface area is 144 Å². The van der Waals surface area contributed by atoms with Crippen LogP contribution in [0, 0.1) is 17.8 Å². The predicted molar refractivity (Wildman–Crippen MR) is 92.6 cm³/mol. The van der Waals surface area contributed by atoms with Crippen LogP contribution in [0.4, 0.5) is 0 Å². The van der Waals surface area contributed by atoms with Crippen molar-refractivity contribution in [3.63, 3.8) is 0 Å². The van der Waals surface area contributed by atoms with E-state index < -0.39 is 34.9 Å². The normalized spacial score (nSPS) is 25.9. The summed E-state index contributed by atoms with van der Waals surface area (Å²) in [6.07, 6.45) is 0.701. The lowest BCUT2D eigenvalue weighted by atomic mass is 9.78. The highest BCUT2D eigenvalue weighted by Gasteiger charge is 2.58. The maximum Gasteiger partial charge on any atom is 0.176 e. The summed E-state index contributed by atoms with van der Waals surface area (Å²) in [5.41, 5.74) is -2.38. The molecule has 0 amide bonds. The maximum atomic E-state index is 12.7. The Bertz CT molecular complexity index is 506. The fraction of sp³-hybridized carbons (Fsp3) is 0.789. The Morgan fingerprint density at radius 3 is 2.12 bits per heavy atom. The molecule has 0 fully saturated rings. The highest BCUT2D eigenvalue weighted by atomic mass is 16.4. The number of rotatable bonds is 9. The first kappa shape index (κ1) is 20.8. The Morgan fingerprint density at radius 1 is 1.12 bits per heavy atom. The summed E-state index contributed by atoms with van der Waals surface area (Å²) in [6, 6.07) is 0. The van der Waals surface area contributed by atoms with Crippen LogP contribution in [0.1, 0.15) is 66.7 Å². The van der Waals surface area contributed by atoms with Gasteiger partial charge in [0.05, 0.1) is 12.0 Å². The van der Waals surface area contributed by atoms with Gasteiger partial charge in [0.25, 0.3) is 0 Å². The zero-order valence-corrected chi connectivity index (χ0v) is 15.5. The second-order valence-corrected chi connectivity index (χ2v) is 7.70. The summed E-state index contributed by atoms with van der Waals surface area (Å²) in [7, 11) is 0. The van der Waals surface area contributed by atoms with Gasteiger partial charge in [0.2, 0.25) is 0 Å². The molecule has 0 saturated carbocycles. The molecule has 0 aromatic carbocycles. The van der Waals surface area contributed by atoms with Gasteiger partial charge in [-0.1, -0.05) is 41.0 Å². The summed E-state index contributed by atoms with van der Waals surface area (Å²) < 4.78 is 0. The van der Waals surface area contributed by atoms with Crippen LogP contribution in [0.3, 0.4) is 0 Å². The SMILES string of the molecule is CCC(=O)C1=C(O)C(O)([C@@H](O)CCC(C)C)C(CCC(C)C)C1=O. The number of Topliss-reactive ketones (excluding diaryl/α,β-unsaturated/α-hetero) is 2. The smallest absolute Gasteiger partial charge is 0.176 e. The lowest BCUT2D eigenvalue weighted by Crippen LogP contribution is -2.49. The Hall–Kier alpha value is -1.20. The number of carbonyl (C=O) groups excluding carboxylic acids is 2. The zero-order valence-electron chi connectivity index (χ0n) is 15.5. The van der Waals surface area contributed by atoms with Crippen molar-refractivity contribution < 1.29 is 24.9 Å². The molecule has 0 aliphatic heterocycles. The van der Waals surface area contributed by atoms with Gasteiger partial charge in [-0.3, -0.25) is 9.59 Å². The standard InChI is InChI=1S/C19H32O5/c1-6-14(20)16-17(22)13(9-7-11(2)3)19(24,18(16)23)15(21)10-8-12(4)5/h11-13,15,21,23-24H,6-10H2,1-5H3/t13?,15-,19?/m0/s1. The van der Waals surface area contributed by atoms with Crippen LogP contribution < -0.4 is 0 Å². The van der Waals surface area contributed by atoms with Crippen LogP contribution in [0.5, 0.6) is 0 Å². The lowest BCUT2D eigenvalue weighted by Gasteiger charge is -2.34. The van der Waals surface area contributed by atoms with E-state index in [1.807, 2.05) is 27.7 Å². The van der Waals surface area contributed by atoms with Crippen molar-refractivity contribution in [3.05, 3.63) is 11.3 Å². The summed E-state index contributed by atoms with van der Waals surface area (Å²) >= 11 is 0. The van der Waals surface area contributed by atoms with Crippen molar-refractivity contribution in [2.45, 2.75) is 78.4 Å². The summed E-state index contributed by atoms with van der Waals surface area (Å²) in [5.74, 6) is -2.00. The third-order valence-electron chi connectivity index (χ3n) is 4.87. The van der Waals surface area contributed by atoms with Gasteiger partial charge in [0, 0.05) is 6.42 Å². The molecule has 5 heteroatoms. The molecule has 5 nitrogen and oxygen atoms in total. The largest absolute Gasteiger partial charge is 0.508 e. The molecular weight excluding hydrogens is 308 g/mol. The summed E-state index contributed by atoms with van der Waals surface area (Å²) in [6.45, 7) is 9.59. The van der Waals surface area contributed by atoms with Crippen molar-refractivity contribution in [1.29, 1.82) is 0 Å². The average molecular weight is 340 g/mol. The Balaban J connectivity index is 3.21. The van der Waals surface area contributed by atoms with Crippen molar-refractivity contribution in [2.24, 2.45) is 17.8 Å². The molecule has 0 aromatic rings. The number of hydrogen-bond acceptors (Lipinski definition) is 5. The number of ketones is 2. The minimum atomic E-state index is -2.05. The van der Waals surface area contributed by atoms with E-state index in [1.54, 1.807) is 6.92 Å². The van der Waals surface area contributed by atoms with Gasteiger partial charge in [0.15, 0.2) is 17.2 Å². The molecule has 0 heterocycles. The van der Waals surface area contributed by atoms with Crippen LogP contribution >= 0.6 is 0 Å². The highest BCUT2D eigenvalue weighted by molar-refractivity contribution is 6.23. The van der Waals surface area contributed by atoms with Gasteiger partial charge in [0.1, 0.15) is 11.3 Å². The van der Waals surface area contributed by atoms with Gasteiger partial charge in [-0.15, -0.1) is 0 Å². The van der Waals surface area contributed by atoms with Gasteiger partial charge in [-0.25, -0.2) is 0 Å². The van der Waals surface area contributed by atoms with E-state index in [9.17, 15) is 24.9 Å². The molecule has 1 aliphatic carbocycles. The highest BCUT2D eigenvalue weighted by Crippen LogP contribution is 2.44. The lowest BCUT2D eigenvalue weighted by molar-refractivity contribution is -0.137. The fourth-order valence-electron chi connectivity index (χ4n) is 3.25. The predicted octanol–water partition coefficient (Wildman–Crippen LogP) is 2.94. The van der Waals surface area contributed by atoms with Crippen LogP contribution in [-0.4, -0.2) is 38.6 Å². The molecule has 0 radical (unpaired) electrons. The van der Waals surface area contributed by atoms with Gasteiger partial charge in [-0.2, -0.15) is 0 Å². The Kier molecular flexibility index (Phi) is 7.17. The quantitative estimate of drug-likeness (QED) is 0.561. The number of hydrogen-bond donors (Lipinski definition) is 3. The van der Waals surface area contributed by atoms with Gasteiger partial charge < -0.3 is 15.3 Å². The molecule has 1 rings (SSSR count). The minimum Gasteiger partial charge on any atom is -0.508 e. The first-order valence-electron chi connectivity index (χ1n) is 8.98. The van der Waals surface area contributed by atoms with E-state index in [0.717, 1.165) is 0 Å². The zero-order chi connectivity index (χ0) is 18.7. The van der Waals surface area contributed by atoms with Crippen molar-refractivity contribution in [1.82, 2.24) is 0 Å². The van der Waals surface area contributed by atoms with Crippen molar-refractivity contribution in [2.75, 3.05) is 0 Å². The minimum absolute atomic E-state index is 0.0696. The van der Waals surface area contributed by atoms with Crippen LogP contribution in [-0.2, 0) is 9.59 Å². The topological polar surface area (TPSA) is 94.8 Å². The monoisotopic (exact) mass is 340 g/mol. The van der Waals surface area contributed by atoms with Crippen LogP contribution in [0.25, 0.3) is 0 Å². The van der Waals surface area contributed by atoms with E-state index in [2.05, 4.69) is 0 Å². The number of allylic oxidation sites excluding steroid dienone is 1. The number of aliphatic hydroxyl groups is 3. The second kappa shape index (κ2) is 8.26. The molecule has 0 spiro atoms. The molecule has 24 heavy (non-hydrogen) atoms. The van der Waals surface area contributed by atoms with Gasteiger partial charge >= 0.3 is 0 Å². The summed E-state index contributed by atoms with van der Waals surface area (Å²) in [5, 5.41) is 32.1. The molecule has 0 bridgehead atoms. The van der Waals surface area contributed by atoms with Crippen molar-refractivity contribution >= 4 is 11.6 Å². The number of aliphatic hydroxyl groups excluding tert-OH is 2. The van der Waals surface area contributed by atoms with Crippen LogP contribution in [0.15, 0.2) is 11.3 Å². The summed E-state index contributed by atoms with van der Waals surface area (Å²) in [4.78, 5) is 24.7. The Morgan fingerprint density at radius 2 is 1.67 bits per heavy atom. The molecule has 138 valence electrons. The third-order valence-corrected chi connectivity index (χ3v) is 4.87. The number of carbonyl (C=O) groups is 2. The van der Waals surface area contributed by atoms with Crippen LogP contribution in [0.2, 0.25) is 0 Å². The molecule has 3 N–H and O–H groups in total. The molecule has 1 aliphatic rings. The maximum absolute atomic E-state index is 12.7. The molecular formula is C19H32O5. The molecule has 2 unspecified atom stereocenters. The van der Waals surface area contributed by atoms with E-state index >= 15 is 0 Å². The first-order valence-corrected chi connectivity index (χ1v) is 8.98. The molecule has 0 aromatic heterocycles. The van der Waals surface area contributed by atoms with E-state index in [4.69, 9.17) is 0 Å². The van der Waals surface area contributed by atoms with E-state index in [1.165, 1.54) is 0 Å². The van der Waals surface area contributed by atoms with E-state index in [0.29, 0.717) is 31.1 Å². The first-order chi connectivity index (χ1) is 11.1.